The van der Waals surface area contributed by atoms with Gasteiger partial charge in [0.2, 0.25) is 10.0 Å². The predicted molar refractivity (Wildman–Crippen MR) is 119 cm³/mol. The third kappa shape index (κ3) is 6.33. The predicted octanol–water partition coefficient (Wildman–Crippen LogP) is 2.40. The lowest BCUT2D eigenvalue weighted by molar-refractivity contribution is -0.385. The van der Waals surface area contributed by atoms with Crippen molar-refractivity contribution in [3.63, 3.8) is 0 Å². The molecule has 0 aliphatic carbocycles. The Balaban J connectivity index is 1.69. The number of carboxylic acids is 1. The maximum Gasteiger partial charge on any atom is 0.341 e. The minimum atomic E-state index is -3.75. The summed E-state index contributed by atoms with van der Waals surface area (Å²) >= 11 is 0. The summed E-state index contributed by atoms with van der Waals surface area (Å²) < 4.78 is 38.8. The van der Waals surface area contributed by atoms with E-state index in [-0.39, 0.29) is 28.5 Å². The molecule has 2 aromatic carbocycles. The van der Waals surface area contributed by atoms with Crippen LogP contribution in [-0.2, 0) is 14.8 Å². The third-order valence-electron chi connectivity index (χ3n) is 4.87. The lowest BCUT2D eigenvalue weighted by atomic mass is 10.2. The van der Waals surface area contributed by atoms with Crippen LogP contribution in [0.3, 0.4) is 0 Å². The highest BCUT2D eigenvalue weighted by molar-refractivity contribution is 7.89. The molecule has 0 saturated carbocycles. The van der Waals surface area contributed by atoms with Gasteiger partial charge in [-0.1, -0.05) is 0 Å². The molecule has 2 N–H and O–H groups in total. The Bertz CT molecular complexity index is 1120. The molecule has 12 heteroatoms. The number of hydrogen-bond acceptors (Lipinski definition) is 8. The van der Waals surface area contributed by atoms with E-state index in [4.69, 9.17) is 14.6 Å². The maximum atomic E-state index is 12.8. The standard InChI is InChI=1S/C21H25N3O8S/c1-14(2)32-17-4-6-18(7-5-17)33(29,30)22-15-9-10-23(12-15)16-3-8-19(24(27)28)20(11-16)31-13-21(25)26/h3-8,11,14-15,22H,9-10,12-13H2,1-2H3,(H,25,26). The van der Waals surface area contributed by atoms with Crippen molar-refractivity contribution in [1.29, 1.82) is 0 Å². The second-order valence-electron chi connectivity index (χ2n) is 7.78. The van der Waals surface area contributed by atoms with Gasteiger partial charge in [-0.15, -0.1) is 0 Å². The fraction of sp³-hybridized carbons (Fsp3) is 0.381. The lowest BCUT2D eigenvalue weighted by Gasteiger charge is -2.20. The molecular formula is C21H25N3O8S. The first-order valence-electron chi connectivity index (χ1n) is 10.2. The van der Waals surface area contributed by atoms with E-state index in [1.54, 1.807) is 12.1 Å². The van der Waals surface area contributed by atoms with Crippen molar-refractivity contribution in [2.75, 3.05) is 24.6 Å². The van der Waals surface area contributed by atoms with Crippen LogP contribution < -0.4 is 19.1 Å². The highest BCUT2D eigenvalue weighted by atomic mass is 32.2. The molecule has 0 bridgehead atoms. The summed E-state index contributed by atoms with van der Waals surface area (Å²) in [6.07, 6.45) is 0.500. The first-order valence-corrected chi connectivity index (χ1v) is 11.7. The molecule has 0 aromatic heterocycles. The van der Waals surface area contributed by atoms with Gasteiger partial charge in [-0.25, -0.2) is 17.9 Å². The van der Waals surface area contributed by atoms with Crippen LogP contribution in [0.4, 0.5) is 11.4 Å². The van der Waals surface area contributed by atoms with E-state index in [1.165, 1.54) is 30.3 Å². The molecule has 1 aliphatic heterocycles. The zero-order chi connectivity index (χ0) is 24.2. The van der Waals surface area contributed by atoms with Crippen LogP contribution in [0.5, 0.6) is 11.5 Å². The van der Waals surface area contributed by atoms with Crippen LogP contribution in [0, 0.1) is 10.1 Å². The normalized spacial score (nSPS) is 16.1. The Kier molecular flexibility index (Phi) is 7.39. The van der Waals surface area contributed by atoms with Gasteiger partial charge in [-0.05, 0) is 50.6 Å². The first kappa shape index (κ1) is 24.3. The molecule has 1 saturated heterocycles. The molecule has 2 aromatic rings. The number of nitro benzene ring substituents is 1. The number of nitrogens with zero attached hydrogens (tertiary/aromatic N) is 2. The van der Waals surface area contributed by atoms with Crippen LogP contribution in [0.15, 0.2) is 47.4 Å². The third-order valence-corrected chi connectivity index (χ3v) is 6.41. The van der Waals surface area contributed by atoms with Gasteiger partial charge in [-0.3, -0.25) is 10.1 Å². The quantitative estimate of drug-likeness (QED) is 0.387. The Morgan fingerprint density at radius 2 is 1.97 bits per heavy atom. The number of carboxylic acid groups (broad SMARTS) is 1. The average molecular weight is 480 g/mol. The average Bonchev–Trinajstić information content (AvgIpc) is 3.19. The van der Waals surface area contributed by atoms with E-state index in [0.29, 0.717) is 30.9 Å². The number of hydrogen-bond donors (Lipinski definition) is 2. The van der Waals surface area contributed by atoms with Crippen molar-refractivity contribution in [3.05, 3.63) is 52.6 Å². The summed E-state index contributed by atoms with van der Waals surface area (Å²) in [7, 11) is -3.75. The highest BCUT2D eigenvalue weighted by Gasteiger charge is 2.29. The molecular weight excluding hydrogens is 454 g/mol. The van der Waals surface area contributed by atoms with Gasteiger partial charge in [0.05, 0.1) is 15.9 Å². The van der Waals surface area contributed by atoms with Crippen molar-refractivity contribution >= 4 is 27.4 Å². The van der Waals surface area contributed by atoms with Gasteiger partial charge >= 0.3 is 11.7 Å². The van der Waals surface area contributed by atoms with Gasteiger partial charge in [-0.2, -0.15) is 0 Å². The van der Waals surface area contributed by atoms with E-state index < -0.39 is 27.5 Å². The van der Waals surface area contributed by atoms with Gasteiger partial charge in [0.1, 0.15) is 5.75 Å². The summed E-state index contributed by atoms with van der Waals surface area (Å²) in [5.74, 6) is -0.836. The number of nitrogens with one attached hydrogen (secondary N) is 1. The summed E-state index contributed by atoms with van der Waals surface area (Å²) in [4.78, 5) is 23.3. The Hall–Kier alpha value is -3.38. The molecule has 3 rings (SSSR count). The van der Waals surface area contributed by atoms with Crippen molar-refractivity contribution in [3.8, 4) is 11.5 Å². The van der Waals surface area contributed by atoms with Crippen LogP contribution in [0.25, 0.3) is 0 Å². The van der Waals surface area contributed by atoms with Crippen LogP contribution in [0.1, 0.15) is 20.3 Å². The second-order valence-corrected chi connectivity index (χ2v) is 9.50. The molecule has 1 fully saturated rings. The number of carbonyl (C=O) groups is 1. The van der Waals surface area contributed by atoms with Crippen molar-refractivity contribution < 1.29 is 32.7 Å². The zero-order valence-corrected chi connectivity index (χ0v) is 18.9. The summed E-state index contributed by atoms with van der Waals surface area (Å²) in [5, 5.41) is 20.0. The van der Waals surface area contributed by atoms with Gasteiger partial charge < -0.3 is 19.5 Å². The number of anilines is 1. The Morgan fingerprint density at radius 3 is 2.58 bits per heavy atom. The van der Waals surface area contributed by atoms with E-state index in [0.717, 1.165) is 0 Å². The molecule has 1 atom stereocenters. The number of ether oxygens (including phenoxy) is 2. The number of nitro groups is 1. The van der Waals surface area contributed by atoms with Crippen LogP contribution >= 0.6 is 0 Å². The van der Waals surface area contributed by atoms with E-state index in [9.17, 15) is 23.3 Å². The number of benzene rings is 2. The first-order chi connectivity index (χ1) is 15.5. The number of rotatable bonds is 10. The van der Waals surface area contributed by atoms with Crippen LogP contribution in [-0.4, -0.2) is 56.3 Å². The summed E-state index contributed by atoms with van der Waals surface area (Å²) in [5.41, 5.74) is 0.221. The molecule has 0 amide bonds. The smallest absolute Gasteiger partial charge is 0.341 e. The van der Waals surface area contributed by atoms with Crippen molar-refractivity contribution in [1.82, 2.24) is 4.72 Å². The minimum Gasteiger partial charge on any atom is -0.491 e. The number of sulfonamides is 1. The van der Waals surface area contributed by atoms with E-state index in [2.05, 4.69) is 4.72 Å². The molecule has 178 valence electrons. The molecule has 33 heavy (non-hydrogen) atoms. The summed E-state index contributed by atoms with van der Waals surface area (Å²) in [6.45, 7) is 3.89. The van der Waals surface area contributed by atoms with E-state index in [1.807, 2.05) is 18.7 Å². The molecule has 1 heterocycles. The fourth-order valence-electron chi connectivity index (χ4n) is 3.45. The van der Waals surface area contributed by atoms with Crippen molar-refractivity contribution in [2.24, 2.45) is 0 Å². The highest BCUT2D eigenvalue weighted by Crippen LogP contribution is 2.33. The van der Waals surface area contributed by atoms with Crippen LogP contribution in [0.2, 0.25) is 0 Å². The molecule has 0 spiro atoms. The summed E-state index contributed by atoms with van der Waals surface area (Å²) in [6, 6.07) is 9.95. The maximum absolute atomic E-state index is 12.8. The van der Waals surface area contributed by atoms with Gasteiger partial charge in [0.25, 0.3) is 0 Å². The molecule has 11 nitrogen and oxygen atoms in total. The Morgan fingerprint density at radius 1 is 1.27 bits per heavy atom. The molecule has 1 unspecified atom stereocenters. The fourth-order valence-corrected chi connectivity index (χ4v) is 4.72. The SMILES string of the molecule is CC(C)Oc1ccc(S(=O)(=O)NC2CCN(c3ccc([N+](=O)[O-])c(OCC(=O)O)c3)C2)cc1. The van der Waals surface area contributed by atoms with Crippen molar-refractivity contribution in [2.45, 2.75) is 37.3 Å². The van der Waals surface area contributed by atoms with E-state index >= 15 is 0 Å². The molecule has 0 radical (unpaired) electrons. The topological polar surface area (TPSA) is 148 Å². The van der Waals surface area contributed by atoms with Gasteiger partial charge in [0.15, 0.2) is 12.4 Å². The largest absolute Gasteiger partial charge is 0.491 e. The zero-order valence-electron chi connectivity index (χ0n) is 18.1. The Labute approximate surface area is 191 Å². The second kappa shape index (κ2) is 10.0. The monoisotopic (exact) mass is 479 g/mol. The van der Waals surface area contributed by atoms with Gasteiger partial charge in [0, 0.05) is 37.0 Å². The lowest BCUT2D eigenvalue weighted by Crippen LogP contribution is -2.37. The molecule has 1 aliphatic rings. The minimum absolute atomic E-state index is 0.0236. The number of aliphatic carboxylic acids is 1.